The highest BCUT2D eigenvalue weighted by Gasteiger charge is 2.47. The molecule has 0 bridgehead atoms. The van der Waals surface area contributed by atoms with E-state index in [2.05, 4.69) is 242 Å². The fourth-order valence-electron chi connectivity index (χ4n) is 11.0. The minimum absolute atomic E-state index is 0.288. The van der Waals surface area contributed by atoms with E-state index < -0.39 is 5.41 Å². The van der Waals surface area contributed by atoms with Crippen LogP contribution in [0.2, 0.25) is 0 Å². The standard InChI is InChI=1S/C59H41N/c1-58(41-21-5-2-6-22-41)51-32-17-15-29-47(51)50-39-44(36-37-52(50)58)60(56-38-40-20-11-12-27-45(40)46-28-13-14-30-48(46)56)55-35-19-34-54-57(55)49-31-16-18-33-53(49)59(54,42-23-7-3-8-24-42)43-25-9-4-10-26-43/h2-39H,1H3. The van der Waals surface area contributed by atoms with Crippen LogP contribution in [0.15, 0.2) is 231 Å². The van der Waals surface area contributed by atoms with E-state index in [0.717, 1.165) is 17.1 Å². The second-order valence-corrected chi connectivity index (χ2v) is 16.5. The van der Waals surface area contributed by atoms with Gasteiger partial charge >= 0.3 is 0 Å². The number of hydrogen-bond donors (Lipinski definition) is 0. The Morgan fingerprint density at radius 1 is 0.333 bits per heavy atom. The monoisotopic (exact) mass is 763 g/mol. The average Bonchev–Trinajstić information content (AvgIpc) is 3.77. The Balaban J connectivity index is 1.19. The predicted molar refractivity (Wildman–Crippen MR) is 251 cm³/mol. The third-order valence-corrected chi connectivity index (χ3v) is 13.6. The van der Waals surface area contributed by atoms with Crippen LogP contribution in [0.4, 0.5) is 17.1 Å². The van der Waals surface area contributed by atoms with Gasteiger partial charge < -0.3 is 4.90 Å². The predicted octanol–water partition coefficient (Wildman–Crippen LogP) is 15.2. The lowest BCUT2D eigenvalue weighted by Crippen LogP contribution is -2.28. The van der Waals surface area contributed by atoms with Gasteiger partial charge in [0.25, 0.3) is 0 Å². The van der Waals surface area contributed by atoms with Crippen molar-refractivity contribution in [3.05, 3.63) is 269 Å². The number of nitrogens with zero attached hydrogens (tertiary/aromatic N) is 1. The van der Waals surface area contributed by atoms with Gasteiger partial charge in [-0.15, -0.1) is 0 Å². The average molecular weight is 764 g/mol. The van der Waals surface area contributed by atoms with Crippen molar-refractivity contribution in [2.75, 3.05) is 4.90 Å². The second-order valence-electron chi connectivity index (χ2n) is 16.5. The number of benzene rings is 10. The summed E-state index contributed by atoms with van der Waals surface area (Å²) >= 11 is 0. The highest BCUT2D eigenvalue weighted by Crippen LogP contribution is 2.61. The van der Waals surface area contributed by atoms with Gasteiger partial charge in [-0.2, -0.15) is 0 Å². The Bertz CT molecular complexity index is 3240. The number of fused-ring (bicyclic) bond motifs is 9. The first kappa shape index (κ1) is 34.6. The van der Waals surface area contributed by atoms with E-state index in [4.69, 9.17) is 0 Å². The SMILES string of the molecule is CC1(c2ccccc2)c2ccccc2-c2cc(N(c3cccc4c3-c3ccccc3C4(c3ccccc3)c3ccccc3)c3cc4ccccc4c4ccccc34)ccc21. The topological polar surface area (TPSA) is 3.24 Å². The fourth-order valence-corrected chi connectivity index (χ4v) is 11.0. The normalized spacial score (nSPS) is 15.6. The Kier molecular flexibility index (Phi) is 7.65. The van der Waals surface area contributed by atoms with E-state index >= 15 is 0 Å². The lowest BCUT2D eigenvalue weighted by molar-refractivity contribution is 0.714. The summed E-state index contributed by atoms with van der Waals surface area (Å²) in [6.45, 7) is 2.40. The number of hydrogen-bond acceptors (Lipinski definition) is 1. The van der Waals surface area contributed by atoms with E-state index in [0.29, 0.717) is 0 Å². The first-order valence-corrected chi connectivity index (χ1v) is 21.0. The molecule has 2 aliphatic rings. The van der Waals surface area contributed by atoms with Crippen molar-refractivity contribution in [3.8, 4) is 22.3 Å². The third kappa shape index (κ3) is 4.75. The van der Waals surface area contributed by atoms with Gasteiger partial charge in [-0.25, -0.2) is 0 Å². The molecule has 0 amide bonds. The van der Waals surface area contributed by atoms with Crippen LogP contribution in [0.3, 0.4) is 0 Å². The lowest BCUT2D eigenvalue weighted by Gasteiger charge is -2.34. The fraction of sp³-hybridized carbons (Fsp3) is 0.0508. The van der Waals surface area contributed by atoms with Gasteiger partial charge in [0.1, 0.15) is 0 Å². The van der Waals surface area contributed by atoms with Gasteiger partial charge in [-0.3, -0.25) is 0 Å². The van der Waals surface area contributed by atoms with Gasteiger partial charge in [0.2, 0.25) is 0 Å². The maximum absolute atomic E-state index is 2.57. The van der Waals surface area contributed by atoms with Crippen LogP contribution in [-0.2, 0) is 10.8 Å². The zero-order valence-corrected chi connectivity index (χ0v) is 33.4. The van der Waals surface area contributed by atoms with Gasteiger partial charge in [0.05, 0.1) is 16.8 Å². The van der Waals surface area contributed by atoms with E-state index in [1.807, 2.05) is 0 Å². The van der Waals surface area contributed by atoms with Crippen molar-refractivity contribution in [1.29, 1.82) is 0 Å². The molecular weight excluding hydrogens is 723 g/mol. The first-order chi connectivity index (χ1) is 29.7. The minimum Gasteiger partial charge on any atom is -0.309 e. The van der Waals surface area contributed by atoms with Crippen molar-refractivity contribution < 1.29 is 0 Å². The molecule has 60 heavy (non-hydrogen) atoms. The summed E-state index contributed by atoms with van der Waals surface area (Å²) in [5, 5.41) is 4.94. The number of rotatable bonds is 6. The van der Waals surface area contributed by atoms with Crippen molar-refractivity contribution in [1.82, 2.24) is 0 Å². The molecule has 0 spiro atoms. The summed E-state index contributed by atoms with van der Waals surface area (Å²) in [6.07, 6.45) is 0. The summed E-state index contributed by atoms with van der Waals surface area (Å²) in [5.41, 5.74) is 16.8. The molecule has 2 aliphatic carbocycles. The van der Waals surface area contributed by atoms with Crippen LogP contribution in [0.25, 0.3) is 43.8 Å². The zero-order valence-electron chi connectivity index (χ0n) is 33.4. The Morgan fingerprint density at radius 3 is 1.58 bits per heavy atom. The van der Waals surface area contributed by atoms with E-state index in [9.17, 15) is 0 Å². The largest absolute Gasteiger partial charge is 0.309 e. The Morgan fingerprint density at radius 2 is 0.867 bits per heavy atom. The van der Waals surface area contributed by atoms with E-state index in [1.165, 1.54) is 82.7 Å². The molecule has 12 rings (SSSR count). The molecule has 10 aromatic rings. The molecular formula is C59H41N. The van der Waals surface area contributed by atoms with E-state index in [-0.39, 0.29) is 5.41 Å². The summed E-state index contributed by atoms with van der Waals surface area (Å²) in [4.78, 5) is 2.57. The van der Waals surface area contributed by atoms with Crippen LogP contribution < -0.4 is 4.90 Å². The first-order valence-electron chi connectivity index (χ1n) is 21.0. The molecule has 282 valence electrons. The molecule has 1 unspecified atom stereocenters. The Labute approximate surface area is 351 Å². The van der Waals surface area contributed by atoms with Gasteiger partial charge in [-0.05, 0) is 103 Å². The van der Waals surface area contributed by atoms with Crippen molar-refractivity contribution >= 4 is 38.6 Å². The molecule has 0 fully saturated rings. The van der Waals surface area contributed by atoms with E-state index in [1.54, 1.807) is 0 Å². The summed E-state index contributed by atoms with van der Waals surface area (Å²) in [7, 11) is 0. The van der Waals surface area contributed by atoms with Crippen molar-refractivity contribution in [3.63, 3.8) is 0 Å². The maximum atomic E-state index is 2.57. The lowest BCUT2D eigenvalue weighted by atomic mass is 9.68. The smallest absolute Gasteiger partial charge is 0.0714 e. The van der Waals surface area contributed by atoms with Gasteiger partial charge in [0.15, 0.2) is 0 Å². The van der Waals surface area contributed by atoms with Crippen molar-refractivity contribution in [2.24, 2.45) is 0 Å². The number of anilines is 3. The van der Waals surface area contributed by atoms with Crippen LogP contribution >= 0.6 is 0 Å². The summed E-state index contributed by atoms with van der Waals surface area (Å²) < 4.78 is 0. The highest BCUT2D eigenvalue weighted by atomic mass is 15.1. The molecule has 1 nitrogen and oxygen atoms in total. The summed E-state index contributed by atoms with van der Waals surface area (Å²) in [6, 6.07) is 85.8. The van der Waals surface area contributed by atoms with Crippen molar-refractivity contribution in [2.45, 2.75) is 17.8 Å². The van der Waals surface area contributed by atoms with Crippen LogP contribution in [0.1, 0.15) is 45.9 Å². The third-order valence-electron chi connectivity index (χ3n) is 13.6. The molecule has 1 atom stereocenters. The molecule has 0 aliphatic heterocycles. The van der Waals surface area contributed by atoms with Crippen LogP contribution in [0, 0.1) is 0 Å². The summed E-state index contributed by atoms with van der Waals surface area (Å²) in [5.74, 6) is 0. The Hall–Kier alpha value is -7.48. The van der Waals surface area contributed by atoms with Crippen LogP contribution in [-0.4, -0.2) is 0 Å². The van der Waals surface area contributed by atoms with Gasteiger partial charge in [0, 0.05) is 22.1 Å². The molecule has 0 N–H and O–H groups in total. The molecule has 0 saturated carbocycles. The maximum Gasteiger partial charge on any atom is 0.0714 e. The quantitative estimate of drug-likeness (QED) is 0.152. The molecule has 10 aromatic carbocycles. The molecule has 1 heteroatoms. The zero-order chi connectivity index (χ0) is 39.8. The molecule has 0 radical (unpaired) electrons. The van der Waals surface area contributed by atoms with Crippen LogP contribution in [0.5, 0.6) is 0 Å². The molecule has 0 saturated heterocycles. The van der Waals surface area contributed by atoms with Gasteiger partial charge in [-0.1, -0.05) is 206 Å². The highest BCUT2D eigenvalue weighted by molar-refractivity contribution is 6.15. The minimum atomic E-state index is -0.518. The second kappa shape index (κ2) is 13.3. The molecule has 0 heterocycles. The molecule has 0 aromatic heterocycles.